The summed E-state index contributed by atoms with van der Waals surface area (Å²) >= 11 is 0. The number of carbonyl (C=O) groups excluding carboxylic acids is 1. The number of benzene rings is 2. The van der Waals surface area contributed by atoms with Crippen molar-refractivity contribution < 1.29 is 19.0 Å². The van der Waals surface area contributed by atoms with E-state index in [0.717, 1.165) is 35.6 Å². The van der Waals surface area contributed by atoms with Crippen LogP contribution in [0.5, 0.6) is 11.5 Å². The number of aromatic nitrogens is 2. The van der Waals surface area contributed by atoms with E-state index in [1.165, 1.54) is 0 Å². The van der Waals surface area contributed by atoms with Crippen molar-refractivity contribution in [1.29, 1.82) is 0 Å². The Balaban J connectivity index is 1.34. The first-order valence-corrected chi connectivity index (χ1v) is 10.1. The topological polar surface area (TPSA) is 74.6 Å². The van der Waals surface area contributed by atoms with Crippen molar-refractivity contribution in [3.05, 3.63) is 72.1 Å². The fraction of sp³-hybridized carbons (Fsp3) is 0.304. The number of amides is 1. The zero-order valence-electron chi connectivity index (χ0n) is 16.5. The molecule has 1 saturated heterocycles. The number of fused-ring (bicyclic) bond motifs is 1. The van der Waals surface area contributed by atoms with Crippen molar-refractivity contribution in [2.24, 2.45) is 0 Å². The van der Waals surface area contributed by atoms with Gasteiger partial charge in [0.15, 0.2) is 17.2 Å². The lowest BCUT2D eigenvalue weighted by Crippen LogP contribution is -2.44. The van der Waals surface area contributed by atoms with Crippen molar-refractivity contribution in [1.82, 2.24) is 15.1 Å². The third-order valence-electron chi connectivity index (χ3n) is 5.86. The molecule has 0 unspecified atom stereocenters. The summed E-state index contributed by atoms with van der Waals surface area (Å²) in [7, 11) is 0. The SMILES string of the molecule is O=C(NCC1(c2ccc3c(c2)OCO3)CCOCC1)c1ccn(-c2ccccc2)n1. The van der Waals surface area contributed by atoms with Crippen LogP contribution in [0.4, 0.5) is 0 Å². The van der Waals surface area contributed by atoms with Crippen LogP contribution in [-0.4, -0.2) is 42.2 Å². The molecule has 0 bridgehead atoms. The zero-order chi connectivity index (χ0) is 20.4. The Morgan fingerprint density at radius 3 is 2.67 bits per heavy atom. The number of hydrogen-bond donors (Lipinski definition) is 1. The van der Waals surface area contributed by atoms with Gasteiger partial charge in [0, 0.05) is 31.4 Å². The molecular weight excluding hydrogens is 382 g/mol. The largest absolute Gasteiger partial charge is 0.454 e. The van der Waals surface area contributed by atoms with E-state index in [0.29, 0.717) is 25.5 Å². The van der Waals surface area contributed by atoms with Crippen LogP contribution < -0.4 is 14.8 Å². The van der Waals surface area contributed by atoms with Crippen molar-refractivity contribution in [3.63, 3.8) is 0 Å². The van der Waals surface area contributed by atoms with E-state index in [9.17, 15) is 4.79 Å². The summed E-state index contributed by atoms with van der Waals surface area (Å²) in [5.74, 6) is 1.33. The van der Waals surface area contributed by atoms with Gasteiger partial charge in [0.25, 0.3) is 5.91 Å². The summed E-state index contributed by atoms with van der Waals surface area (Å²) in [5.41, 5.74) is 2.23. The van der Waals surface area contributed by atoms with Crippen LogP contribution in [0.2, 0.25) is 0 Å². The normalized spacial score (nSPS) is 16.9. The van der Waals surface area contributed by atoms with Gasteiger partial charge in [-0.1, -0.05) is 24.3 Å². The molecule has 1 fully saturated rings. The molecular formula is C23H23N3O4. The van der Waals surface area contributed by atoms with Gasteiger partial charge in [-0.15, -0.1) is 0 Å². The molecule has 0 radical (unpaired) electrons. The maximum atomic E-state index is 12.8. The molecule has 3 aromatic rings. The van der Waals surface area contributed by atoms with E-state index >= 15 is 0 Å². The molecule has 30 heavy (non-hydrogen) atoms. The predicted molar refractivity (Wildman–Crippen MR) is 110 cm³/mol. The number of ether oxygens (including phenoxy) is 3. The molecule has 3 heterocycles. The van der Waals surface area contributed by atoms with E-state index < -0.39 is 0 Å². The Morgan fingerprint density at radius 1 is 1.03 bits per heavy atom. The molecule has 1 N–H and O–H groups in total. The third kappa shape index (κ3) is 3.52. The number of nitrogens with one attached hydrogen (secondary N) is 1. The molecule has 2 aromatic carbocycles. The third-order valence-corrected chi connectivity index (χ3v) is 5.86. The second-order valence-electron chi connectivity index (χ2n) is 7.62. The highest BCUT2D eigenvalue weighted by Crippen LogP contribution is 2.40. The van der Waals surface area contributed by atoms with Crippen LogP contribution in [0.3, 0.4) is 0 Å². The highest BCUT2D eigenvalue weighted by molar-refractivity contribution is 5.92. The van der Waals surface area contributed by atoms with Crippen LogP contribution in [0, 0.1) is 0 Å². The molecule has 5 rings (SSSR count). The highest BCUT2D eigenvalue weighted by Gasteiger charge is 2.36. The standard InChI is InChI=1S/C23H23N3O4/c27-22(19-8-11-26(25-19)18-4-2-1-3-5-18)24-15-23(9-12-28-13-10-23)17-6-7-20-21(14-17)30-16-29-20/h1-8,11,14H,9-10,12-13,15-16H2,(H,24,27). The van der Waals surface area contributed by atoms with Gasteiger partial charge in [0.2, 0.25) is 6.79 Å². The van der Waals surface area contributed by atoms with E-state index in [2.05, 4.69) is 16.5 Å². The average Bonchev–Trinajstić information content (AvgIpc) is 3.48. The monoisotopic (exact) mass is 405 g/mol. The quantitative estimate of drug-likeness (QED) is 0.706. The molecule has 1 amide bonds. The van der Waals surface area contributed by atoms with Gasteiger partial charge in [-0.3, -0.25) is 4.79 Å². The lowest BCUT2D eigenvalue weighted by atomic mass is 9.74. The molecule has 1 aromatic heterocycles. The molecule has 0 saturated carbocycles. The van der Waals surface area contributed by atoms with Gasteiger partial charge >= 0.3 is 0 Å². The number of para-hydroxylation sites is 1. The summed E-state index contributed by atoms with van der Waals surface area (Å²) in [4.78, 5) is 12.8. The Kier molecular flexibility index (Phi) is 4.88. The Bertz CT molecular complexity index is 1040. The first-order valence-electron chi connectivity index (χ1n) is 10.1. The molecule has 2 aliphatic rings. The number of hydrogen-bond acceptors (Lipinski definition) is 5. The Labute approximate surface area is 174 Å². The summed E-state index contributed by atoms with van der Waals surface area (Å²) < 4.78 is 18.3. The molecule has 0 spiro atoms. The highest BCUT2D eigenvalue weighted by atomic mass is 16.7. The molecule has 7 nitrogen and oxygen atoms in total. The lowest BCUT2D eigenvalue weighted by Gasteiger charge is -2.38. The lowest BCUT2D eigenvalue weighted by molar-refractivity contribution is 0.0486. The maximum absolute atomic E-state index is 12.8. The summed E-state index contributed by atoms with van der Waals surface area (Å²) in [5, 5.41) is 7.53. The number of carbonyl (C=O) groups is 1. The van der Waals surface area contributed by atoms with E-state index in [-0.39, 0.29) is 18.1 Å². The van der Waals surface area contributed by atoms with E-state index in [1.807, 2.05) is 42.5 Å². The van der Waals surface area contributed by atoms with Crippen LogP contribution >= 0.6 is 0 Å². The minimum Gasteiger partial charge on any atom is -0.454 e. The van der Waals surface area contributed by atoms with Gasteiger partial charge in [0.05, 0.1) is 5.69 Å². The molecule has 0 aliphatic carbocycles. The van der Waals surface area contributed by atoms with Crippen molar-refractivity contribution in [2.75, 3.05) is 26.6 Å². The molecule has 0 atom stereocenters. The number of nitrogens with zero attached hydrogens (tertiary/aromatic N) is 2. The predicted octanol–water partition coefficient (Wildman–Crippen LogP) is 3.08. The summed E-state index contributed by atoms with van der Waals surface area (Å²) in [6.07, 6.45) is 3.45. The fourth-order valence-electron chi connectivity index (χ4n) is 4.07. The van der Waals surface area contributed by atoms with Crippen molar-refractivity contribution in [2.45, 2.75) is 18.3 Å². The first-order chi connectivity index (χ1) is 14.7. The molecule has 7 heteroatoms. The minimum atomic E-state index is -0.211. The zero-order valence-corrected chi connectivity index (χ0v) is 16.5. The van der Waals surface area contributed by atoms with Crippen molar-refractivity contribution >= 4 is 5.91 Å². The smallest absolute Gasteiger partial charge is 0.271 e. The second-order valence-corrected chi connectivity index (χ2v) is 7.62. The summed E-state index contributed by atoms with van der Waals surface area (Å²) in [6, 6.07) is 17.5. The Morgan fingerprint density at radius 2 is 1.83 bits per heavy atom. The van der Waals surface area contributed by atoms with Crippen LogP contribution in [0.25, 0.3) is 5.69 Å². The summed E-state index contributed by atoms with van der Waals surface area (Å²) in [6.45, 7) is 2.07. The molecule has 2 aliphatic heterocycles. The Hall–Kier alpha value is -3.32. The van der Waals surface area contributed by atoms with Crippen LogP contribution in [-0.2, 0) is 10.2 Å². The minimum absolute atomic E-state index is 0.184. The average molecular weight is 405 g/mol. The number of rotatable bonds is 5. The van der Waals surface area contributed by atoms with E-state index in [4.69, 9.17) is 14.2 Å². The van der Waals surface area contributed by atoms with Crippen molar-refractivity contribution in [3.8, 4) is 17.2 Å². The maximum Gasteiger partial charge on any atom is 0.271 e. The van der Waals surface area contributed by atoms with Crippen LogP contribution in [0.15, 0.2) is 60.8 Å². The van der Waals surface area contributed by atoms with Gasteiger partial charge in [0.1, 0.15) is 0 Å². The van der Waals surface area contributed by atoms with Gasteiger partial charge in [-0.25, -0.2) is 4.68 Å². The fourth-order valence-corrected chi connectivity index (χ4v) is 4.07. The van der Waals surface area contributed by atoms with Crippen LogP contribution in [0.1, 0.15) is 28.9 Å². The first kappa shape index (κ1) is 18.7. The van der Waals surface area contributed by atoms with E-state index in [1.54, 1.807) is 16.9 Å². The van der Waals surface area contributed by atoms with Gasteiger partial charge < -0.3 is 19.5 Å². The second kappa shape index (κ2) is 7.84. The van der Waals surface area contributed by atoms with Gasteiger partial charge in [-0.2, -0.15) is 5.10 Å². The van der Waals surface area contributed by atoms with Gasteiger partial charge in [-0.05, 0) is 48.7 Å². The molecule has 154 valence electrons.